The molecular weight excluding hydrogens is 406 g/mol. The molecule has 1 N–H and O–H groups in total. The first kappa shape index (κ1) is 21.8. The molecule has 0 radical (unpaired) electrons. The molecule has 1 heterocycles. The molecule has 6 nitrogen and oxygen atoms in total. The van der Waals surface area contributed by atoms with Crippen LogP contribution in [-0.2, 0) is 16.3 Å². The number of aryl methyl sites for hydroxylation is 1. The Bertz CT molecular complexity index is 882. The predicted molar refractivity (Wildman–Crippen MR) is 110 cm³/mol. The fourth-order valence-electron chi connectivity index (χ4n) is 2.54. The Morgan fingerprint density at radius 1 is 1.15 bits per heavy atom. The number of halogens is 1. The Hall–Kier alpha value is -1.51. The van der Waals surface area contributed by atoms with Gasteiger partial charge in [-0.3, -0.25) is 10.1 Å². The van der Waals surface area contributed by atoms with Crippen LogP contribution in [0.25, 0.3) is 0 Å². The fourth-order valence-corrected chi connectivity index (χ4v) is 4.16. The van der Waals surface area contributed by atoms with E-state index in [0.29, 0.717) is 5.13 Å². The van der Waals surface area contributed by atoms with E-state index >= 15 is 0 Å². The molecule has 0 aliphatic carbocycles. The summed E-state index contributed by atoms with van der Waals surface area (Å²) in [6, 6.07) is 4.04. The number of carbonyl (C=O) groups is 1. The third kappa shape index (κ3) is 6.86. The van der Waals surface area contributed by atoms with E-state index in [1.165, 1.54) is 55.2 Å². The van der Waals surface area contributed by atoms with Crippen molar-refractivity contribution in [3.8, 4) is 0 Å². The van der Waals surface area contributed by atoms with Crippen LogP contribution in [0.15, 0.2) is 23.1 Å². The summed E-state index contributed by atoms with van der Waals surface area (Å²) >= 11 is 7.37. The van der Waals surface area contributed by atoms with E-state index in [-0.39, 0.29) is 15.5 Å². The highest BCUT2D eigenvalue weighted by atomic mass is 35.5. The van der Waals surface area contributed by atoms with Gasteiger partial charge in [0.05, 0.1) is 15.5 Å². The van der Waals surface area contributed by atoms with Gasteiger partial charge in [-0.15, -0.1) is 10.2 Å². The summed E-state index contributed by atoms with van der Waals surface area (Å²) in [7, 11) is -3.43. The van der Waals surface area contributed by atoms with Crippen LogP contribution in [0.4, 0.5) is 5.13 Å². The summed E-state index contributed by atoms with van der Waals surface area (Å²) in [6.07, 6.45) is 9.13. The van der Waals surface area contributed by atoms with E-state index in [0.717, 1.165) is 30.5 Å². The molecule has 0 fully saturated rings. The highest BCUT2D eigenvalue weighted by molar-refractivity contribution is 7.90. The Morgan fingerprint density at radius 2 is 1.85 bits per heavy atom. The zero-order valence-corrected chi connectivity index (χ0v) is 17.9. The SMILES string of the molecule is CCCCCCCCc1nnc(NC(=O)c2cc(S(C)(=O)=O)ccc2Cl)s1. The molecule has 1 aromatic heterocycles. The van der Waals surface area contributed by atoms with Gasteiger partial charge < -0.3 is 0 Å². The second-order valence-electron chi connectivity index (χ2n) is 6.39. The first-order chi connectivity index (χ1) is 12.8. The normalized spacial score (nSPS) is 11.5. The number of benzene rings is 1. The second kappa shape index (κ2) is 10.1. The Kier molecular flexibility index (Phi) is 8.19. The van der Waals surface area contributed by atoms with E-state index in [1.807, 2.05) is 0 Å². The highest BCUT2D eigenvalue weighted by Gasteiger charge is 2.17. The Balaban J connectivity index is 1.94. The molecule has 0 atom stereocenters. The van der Waals surface area contributed by atoms with Gasteiger partial charge in [0.15, 0.2) is 9.84 Å². The van der Waals surface area contributed by atoms with Crippen LogP contribution in [0.5, 0.6) is 0 Å². The van der Waals surface area contributed by atoms with E-state index in [1.54, 1.807) is 0 Å². The number of hydrogen-bond acceptors (Lipinski definition) is 6. The summed E-state index contributed by atoms with van der Waals surface area (Å²) in [5.41, 5.74) is 0.0901. The third-order valence-corrected chi connectivity index (χ3v) is 6.38. The van der Waals surface area contributed by atoms with Gasteiger partial charge in [0.1, 0.15) is 5.01 Å². The number of carbonyl (C=O) groups excluding carboxylic acids is 1. The zero-order valence-electron chi connectivity index (χ0n) is 15.5. The minimum Gasteiger partial charge on any atom is -0.296 e. The van der Waals surface area contributed by atoms with Crippen LogP contribution < -0.4 is 5.32 Å². The largest absolute Gasteiger partial charge is 0.296 e. The van der Waals surface area contributed by atoms with Crippen LogP contribution in [0.3, 0.4) is 0 Å². The molecule has 1 aromatic carbocycles. The third-order valence-electron chi connectivity index (χ3n) is 4.04. The topological polar surface area (TPSA) is 89.0 Å². The molecule has 0 spiro atoms. The number of rotatable bonds is 10. The summed E-state index contributed by atoms with van der Waals surface area (Å²) in [6.45, 7) is 2.20. The van der Waals surface area contributed by atoms with Gasteiger partial charge in [-0.05, 0) is 24.6 Å². The fraction of sp³-hybridized carbons (Fsp3) is 0.500. The molecule has 0 bridgehead atoms. The molecule has 2 aromatic rings. The quantitative estimate of drug-likeness (QED) is 0.550. The van der Waals surface area contributed by atoms with Crippen LogP contribution in [0, 0.1) is 0 Å². The lowest BCUT2D eigenvalue weighted by atomic mass is 10.1. The number of sulfone groups is 1. The van der Waals surface area contributed by atoms with Crippen molar-refractivity contribution in [1.82, 2.24) is 10.2 Å². The summed E-state index contributed by atoms with van der Waals surface area (Å²) in [5, 5.41) is 12.2. The van der Waals surface area contributed by atoms with Gasteiger partial charge >= 0.3 is 0 Å². The molecule has 0 unspecified atom stereocenters. The molecule has 0 saturated heterocycles. The molecule has 148 valence electrons. The van der Waals surface area contributed by atoms with E-state index < -0.39 is 15.7 Å². The lowest BCUT2D eigenvalue weighted by Crippen LogP contribution is -2.13. The molecule has 0 aliphatic rings. The molecule has 1 amide bonds. The summed E-state index contributed by atoms with van der Waals surface area (Å²) in [5.74, 6) is -0.507. The van der Waals surface area contributed by atoms with Gasteiger partial charge in [0.25, 0.3) is 5.91 Å². The van der Waals surface area contributed by atoms with Crippen molar-refractivity contribution < 1.29 is 13.2 Å². The highest BCUT2D eigenvalue weighted by Crippen LogP contribution is 2.23. The maximum atomic E-state index is 12.4. The van der Waals surface area contributed by atoms with Crippen molar-refractivity contribution in [1.29, 1.82) is 0 Å². The van der Waals surface area contributed by atoms with E-state index in [9.17, 15) is 13.2 Å². The number of nitrogens with zero attached hydrogens (tertiary/aromatic N) is 2. The van der Waals surface area contributed by atoms with Crippen molar-refractivity contribution in [2.75, 3.05) is 11.6 Å². The smallest absolute Gasteiger partial charge is 0.259 e. The maximum Gasteiger partial charge on any atom is 0.259 e. The van der Waals surface area contributed by atoms with Crippen molar-refractivity contribution in [3.63, 3.8) is 0 Å². The molecule has 27 heavy (non-hydrogen) atoms. The van der Waals surface area contributed by atoms with E-state index in [2.05, 4.69) is 22.4 Å². The van der Waals surface area contributed by atoms with Gasteiger partial charge in [-0.2, -0.15) is 0 Å². The number of hydrogen-bond donors (Lipinski definition) is 1. The second-order valence-corrected chi connectivity index (χ2v) is 9.87. The number of nitrogens with one attached hydrogen (secondary N) is 1. The average molecular weight is 430 g/mol. The Labute approximate surface area is 169 Å². The summed E-state index contributed by atoms with van der Waals surface area (Å²) < 4.78 is 23.3. The molecule has 0 aliphatic heterocycles. The lowest BCUT2D eigenvalue weighted by molar-refractivity contribution is 0.102. The van der Waals surface area contributed by atoms with Crippen LogP contribution in [-0.4, -0.2) is 30.8 Å². The minimum absolute atomic E-state index is 0.0399. The standard InChI is InChI=1S/C18H24ClN3O3S2/c1-3-4-5-6-7-8-9-16-21-22-18(26-16)20-17(23)14-12-13(27(2,24)25)10-11-15(14)19/h10-12H,3-9H2,1-2H3,(H,20,22,23). The predicted octanol–water partition coefficient (Wildman–Crippen LogP) is 4.75. The molecular formula is C18H24ClN3O3S2. The van der Waals surface area contributed by atoms with Gasteiger partial charge in [0.2, 0.25) is 5.13 Å². The summed E-state index contributed by atoms with van der Waals surface area (Å²) in [4.78, 5) is 12.5. The maximum absolute atomic E-state index is 12.4. The average Bonchev–Trinajstić information content (AvgIpc) is 3.04. The minimum atomic E-state index is -3.43. The van der Waals surface area contributed by atoms with Crippen molar-refractivity contribution >= 4 is 43.8 Å². The monoisotopic (exact) mass is 429 g/mol. The van der Waals surface area contributed by atoms with Gasteiger partial charge in [0, 0.05) is 12.7 Å². The number of amides is 1. The molecule has 9 heteroatoms. The first-order valence-corrected chi connectivity index (χ1v) is 12.0. The van der Waals surface area contributed by atoms with Crippen molar-refractivity contribution in [2.24, 2.45) is 0 Å². The lowest BCUT2D eigenvalue weighted by Gasteiger charge is -2.06. The van der Waals surface area contributed by atoms with E-state index in [4.69, 9.17) is 11.6 Å². The van der Waals surface area contributed by atoms with Crippen molar-refractivity contribution in [2.45, 2.75) is 56.8 Å². The van der Waals surface area contributed by atoms with Gasteiger partial charge in [-0.25, -0.2) is 8.42 Å². The van der Waals surface area contributed by atoms with Gasteiger partial charge in [-0.1, -0.05) is 62.0 Å². The number of aromatic nitrogens is 2. The molecule has 0 saturated carbocycles. The zero-order chi connectivity index (χ0) is 19.9. The van der Waals surface area contributed by atoms with Crippen molar-refractivity contribution in [3.05, 3.63) is 33.8 Å². The van der Waals surface area contributed by atoms with Crippen LogP contribution >= 0.6 is 22.9 Å². The first-order valence-electron chi connectivity index (χ1n) is 8.94. The van der Waals surface area contributed by atoms with Crippen LogP contribution in [0.1, 0.15) is 60.8 Å². The number of anilines is 1. The Morgan fingerprint density at radius 3 is 2.56 bits per heavy atom. The molecule has 2 rings (SSSR count). The van der Waals surface area contributed by atoms with Crippen LogP contribution in [0.2, 0.25) is 5.02 Å². The number of unbranched alkanes of at least 4 members (excludes halogenated alkanes) is 5.